The van der Waals surface area contributed by atoms with Crippen LogP contribution in [0.25, 0.3) is 0 Å². The van der Waals surface area contributed by atoms with E-state index in [0.717, 1.165) is 13.0 Å². The fourth-order valence-corrected chi connectivity index (χ4v) is 1.39. The van der Waals surface area contributed by atoms with Crippen molar-refractivity contribution in [2.24, 2.45) is 0 Å². The van der Waals surface area contributed by atoms with Crippen LogP contribution in [0.4, 0.5) is 0 Å². The number of aromatic nitrogens is 4. The van der Waals surface area contributed by atoms with Gasteiger partial charge >= 0.3 is 0 Å². The van der Waals surface area contributed by atoms with Crippen molar-refractivity contribution in [2.75, 3.05) is 7.05 Å². The van der Waals surface area contributed by atoms with E-state index in [1.165, 1.54) is 12.8 Å². The summed E-state index contributed by atoms with van der Waals surface area (Å²) in [7, 11) is 2.02. The minimum Gasteiger partial charge on any atom is -0.314 e. The van der Waals surface area contributed by atoms with Gasteiger partial charge in [-0.15, -0.1) is 5.10 Å². The third-order valence-electron chi connectivity index (χ3n) is 2.59. The van der Waals surface area contributed by atoms with Gasteiger partial charge in [-0.25, -0.2) is 4.68 Å². The minimum atomic E-state index is 0.395. The Balaban J connectivity index is 1.83. The van der Waals surface area contributed by atoms with Crippen LogP contribution in [0.15, 0.2) is 6.33 Å². The van der Waals surface area contributed by atoms with E-state index in [0.29, 0.717) is 5.54 Å². The van der Waals surface area contributed by atoms with Gasteiger partial charge in [-0.3, -0.25) is 0 Å². The molecule has 0 bridgehead atoms. The highest BCUT2D eigenvalue weighted by atomic mass is 15.5. The molecule has 1 fully saturated rings. The predicted octanol–water partition coefficient (Wildman–Crippen LogP) is -0.185. The molecule has 12 heavy (non-hydrogen) atoms. The highest BCUT2D eigenvalue weighted by molar-refractivity contribution is 5.00. The smallest absolute Gasteiger partial charge is 0.138 e. The van der Waals surface area contributed by atoms with Gasteiger partial charge in [0.15, 0.2) is 0 Å². The van der Waals surface area contributed by atoms with E-state index in [1.54, 1.807) is 11.0 Å². The summed E-state index contributed by atoms with van der Waals surface area (Å²) in [6.45, 7) is 0.911. The topological polar surface area (TPSA) is 55.6 Å². The molecular formula is C7H13N5. The Morgan fingerprint density at radius 3 is 2.92 bits per heavy atom. The van der Waals surface area contributed by atoms with E-state index in [-0.39, 0.29) is 0 Å². The number of nitrogens with zero attached hydrogens (tertiary/aromatic N) is 4. The molecule has 2 rings (SSSR count). The normalized spacial score (nSPS) is 19.4. The quantitative estimate of drug-likeness (QED) is 0.675. The molecule has 1 aromatic rings. The van der Waals surface area contributed by atoms with Gasteiger partial charge in [-0.1, -0.05) is 0 Å². The van der Waals surface area contributed by atoms with Crippen molar-refractivity contribution in [3.63, 3.8) is 0 Å². The maximum atomic E-state index is 3.81. The van der Waals surface area contributed by atoms with Crippen LogP contribution in [0.3, 0.4) is 0 Å². The second-order valence-corrected chi connectivity index (χ2v) is 3.35. The molecule has 1 aromatic heterocycles. The standard InChI is InChI=1S/C7H13N5/c1-8-7(2-3-7)4-5-12-6-9-10-11-12/h6,8H,2-5H2,1H3. The second kappa shape index (κ2) is 2.82. The number of hydrogen-bond acceptors (Lipinski definition) is 4. The lowest BCUT2D eigenvalue weighted by molar-refractivity contribution is 0.441. The lowest BCUT2D eigenvalue weighted by Gasteiger charge is -2.12. The summed E-state index contributed by atoms with van der Waals surface area (Å²) < 4.78 is 1.78. The first kappa shape index (κ1) is 7.67. The molecule has 0 amide bonds. The van der Waals surface area contributed by atoms with E-state index < -0.39 is 0 Å². The first-order valence-electron chi connectivity index (χ1n) is 4.24. The summed E-state index contributed by atoms with van der Waals surface area (Å²) in [5.74, 6) is 0. The van der Waals surface area contributed by atoms with Crippen LogP contribution < -0.4 is 5.32 Å². The van der Waals surface area contributed by atoms with Crippen molar-refractivity contribution in [1.82, 2.24) is 25.5 Å². The summed E-state index contributed by atoms with van der Waals surface area (Å²) in [5.41, 5.74) is 0.395. The molecule has 1 aliphatic carbocycles. The monoisotopic (exact) mass is 167 g/mol. The zero-order chi connectivity index (χ0) is 8.44. The SMILES string of the molecule is CNC1(CCn2cnnn2)CC1. The molecule has 1 heterocycles. The van der Waals surface area contributed by atoms with Gasteiger partial charge < -0.3 is 5.32 Å². The van der Waals surface area contributed by atoms with Crippen LogP contribution in [0.5, 0.6) is 0 Å². The highest BCUT2D eigenvalue weighted by Crippen LogP contribution is 2.38. The molecule has 0 aromatic carbocycles. The third kappa shape index (κ3) is 1.45. The number of rotatable bonds is 4. The number of tetrazole rings is 1. The van der Waals surface area contributed by atoms with Crippen LogP contribution in [-0.2, 0) is 6.54 Å². The lowest BCUT2D eigenvalue weighted by atomic mass is 10.2. The molecule has 66 valence electrons. The molecule has 5 nitrogen and oxygen atoms in total. The third-order valence-corrected chi connectivity index (χ3v) is 2.59. The fourth-order valence-electron chi connectivity index (χ4n) is 1.39. The molecule has 1 N–H and O–H groups in total. The lowest BCUT2D eigenvalue weighted by Crippen LogP contribution is -2.28. The van der Waals surface area contributed by atoms with Crippen molar-refractivity contribution in [1.29, 1.82) is 0 Å². The van der Waals surface area contributed by atoms with Crippen molar-refractivity contribution in [3.8, 4) is 0 Å². The van der Waals surface area contributed by atoms with Crippen LogP contribution in [0.1, 0.15) is 19.3 Å². The van der Waals surface area contributed by atoms with Gasteiger partial charge in [0.25, 0.3) is 0 Å². The molecule has 0 saturated heterocycles. The number of hydrogen-bond donors (Lipinski definition) is 1. The van der Waals surface area contributed by atoms with Crippen molar-refractivity contribution >= 4 is 0 Å². The summed E-state index contributed by atoms with van der Waals surface area (Å²) >= 11 is 0. The van der Waals surface area contributed by atoms with Gasteiger partial charge in [-0.2, -0.15) is 0 Å². The molecule has 5 heteroatoms. The molecule has 0 radical (unpaired) electrons. The van der Waals surface area contributed by atoms with Crippen LogP contribution in [0.2, 0.25) is 0 Å². The Morgan fingerprint density at radius 1 is 1.58 bits per heavy atom. The zero-order valence-electron chi connectivity index (χ0n) is 7.19. The first-order valence-corrected chi connectivity index (χ1v) is 4.24. The maximum absolute atomic E-state index is 3.81. The molecular weight excluding hydrogens is 154 g/mol. The van der Waals surface area contributed by atoms with E-state index >= 15 is 0 Å². The predicted molar refractivity (Wildman–Crippen MR) is 43.5 cm³/mol. The Morgan fingerprint density at radius 2 is 2.42 bits per heavy atom. The van der Waals surface area contributed by atoms with Crippen LogP contribution in [0, 0.1) is 0 Å². The number of nitrogens with one attached hydrogen (secondary N) is 1. The summed E-state index contributed by atoms with van der Waals surface area (Å²) in [6, 6.07) is 0. The van der Waals surface area contributed by atoms with E-state index in [9.17, 15) is 0 Å². The molecule has 0 atom stereocenters. The molecule has 1 saturated carbocycles. The highest BCUT2D eigenvalue weighted by Gasteiger charge is 2.40. The van der Waals surface area contributed by atoms with E-state index in [2.05, 4.69) is 20.8 Å². The Kier molecular flexibility index (Phi) is 1.80. The van der Waals surface area contributed by atoms with E-state index in [4.69, 9.17) is 0 Å². The van der Waals surface area contributed by atoms with Crippen molar-refractivity contribution in [3.05, 3.63) is 6.33 Å². The van der Waals surface area contributed by atoms with Crippen LogP contribution in [-0.4, -0.2) is 32.8 Å². The Labute approximate surface area is 71.1 Å². The molecule has 1 aliphatic rings. The van der Waals surface area contributed by atoms with Gasteiger partial charge in [0, 0.05) is 12.1 Å². The average Bonchev–Trinajstić information content (AvgIpc) is 2.70. The van der Waals surface area contributed by atoms with Crippen molar-refractivity contribution in [2.45, 2.75) is 31.3 Å². The molecule has 0 aliphatic heterocycles. The Hall–Kier alpha value is -0.970. The van der Waals surface area contributed by atoms with Crippen molar-refractivity contribution < 1.29 is 0 Å². The van der Waals surface area contributed by atoms with Gasteiger partial charge in [-0.05, 0) is 36.7 Å². The summed E-state index contributed by atoms with van der Waals surface area (Å²) in [4.78, 5) is 0. The Bertz CT molecular complexity index is 238. The zero-order valence-corrected chi connectivity index (χ0v) is 7.19. The van der Waals surface area contributed by atoms with Crippen LogP contribution >= 0.6 is 0 Å². The second-order valence-electron chi connectivity index (χ2n) is 3.35. The van der Waals surface area contributed by atoms with E-state index in [1.807, 2.05) is 7.05 Å². The van der Waals surface area contributed by atoms with Gasteiger partial charge in [0.05, 0.1) is 0 Å². The summed E-state index contributed by atoms with van der Waals surface area (Å²) in [6.07, 6.45) is 5.34. The molecule has 0 unspecified atom stereocenters. The fraction of sp³-hybridized carbons (Fsp3) is 0.857. The minimum absolute atomic E-state index is 0.395. The molecule has 0 spiro atoms. The first-order chi connectivity index (χ1) is 5.85. The number of aryl methyl sites for hydroxylation is 1. The average molecular weight is 167 g/mol. The summed E-state index contributed by atoms with van der Waals surface area (Å²) in [5, 5.41) is 14.3. The van der Waals surface area contributed by atoms with Gasteiger partial charge in [0.1, 0.15) is 6.33 Å². The van der Waals surface area contributed by atoms with Gasteiger partial charge in [0.2, 0.25) is 0 Å². The largest absolute Gasteiger partial charge is 0.314 e. The maximum Gasteiger partial charge on any atom is 0.138 e.